The van der Waals surface area contributed by atoms with Crippen molar-refractivity contribution in [2.24, 2.45) is 5.73 Å². The maximum absolute atomic E-state index is 12.1. The van der Waals surface area contributed by atoms with Crippen molar-refractivity contribution >= 4 is 5.97 Å². The maximum atomic E-state index is 12.1. The van der Waals surface area contributed by atoms with E-state index in [9.17, 15) is 9.18 Å². The number of methoxy groups -OCH3 is 1. The van der Waals surface area contributed by atoms with Crippen molar-refractivity contribution in [1.82, 2.24) is 0 Å². The largest absolute Gasteiger partial charge is 0.465 e. The smallest absolute Gasteiger partial charge is 0.338 e. The molecule has 0 aliphatic carbocycles. The number of hydrogen-bond acceptors (Lipinski definition) is 3. The van der Waals surface area contributed by atoms with Gasteiger partial charge in [-0.15, -0.1) is 0 Å². The maximum Gasteiger partial charge on any atom is 0.338 e. The van der Waals surface area contributed by atoms with E-state index in [0.29, 0.717) is 11.1 Å². The van der Waals surface area contributed by atoms with Crippen molar-refractivity contribution in [1.29, 1.82) is 0 Å². The topological polar surface area (TPSA) is 52.3 Å². The van der Waals surface area contributed by atoms with Crippen molar-refractivity contribution < 1.29 is 13.9 Å². The summed E-state index contributed by atoms with van der Waals surface area (Å²) in [6, 6.07) is 6.36. The number of hydrogen-bond donors (Lipinski definition) is 1. The number of carbonyl (C=O) groups excluding carboxylic acids is 1. The summed E-state index contributed by atoms with van der Waals surface area (Å²) < 4.78 is 16.8. The number of halogens is 1. The molecule has 0 saturated carbocycles. The molecule has 82 valence electrons. The van der Waals surface area contributed by atoms with Gasteiger partial charge in [0.25, 0.3) is 0 Å². The summed E-state index contributed by atoms with van der Waals surface area (Å²) in [5.41, 5.74) is 6.78. The summed E-state index contributed by atoms with van der Waals surface area (Å²) in [5, 5.41) is 0. The Kier molecular flexibility index (Phi) is 4.24. The molecular formula is C11H14FNO2. The van der Waals surface area contributed by atoms with Gasteiger partial charge in [0.15, 0.2) is 0 Å². The predicted octanol–water partition coefficient (Wildman–Crippen LogP) is 1.83. The monoisotopic (exact) mass is 211 g/mol. The van der Waals surface area contributed by atoms with Crippen molar-refractivity contribution in [2.45, 2.75) is 12.5 Å². The lowest BCUT2D eigenvalue weighted by atomic mass is 9.99. The van der Waals surface area contributed by atoms with E-state index in [1.54, 1.807) is 24.3 Å². The Labute approximate surface area is 88.0 Å². The highest BCUT2D eigenvalue weighted by atomic mass is 19.1. The van der Waals surface area contributed by atoms with Crippen molar-refractivity contribution in [2.75, 3.05) is 13.8 Å². The SMILES string of the molecule is COC(=O)c1ccccc1[C@H](N)CCF. The van der Waals surface area contributed by atoms with E-state index < -0.39 is 18.7 Å². The fourth-order valence-electron chi connectivity index (χ4n) is 1.39. The van der Waals surface area contributed by atoms with Crippen molar-refractivity contribution in [3.63, 3.8) is 0 Å². The first-order valence-corrected chi connectivity index (χ1v) is 4.69. The van der Waals surface area contributed by atoms with Gasteiger partial charge in [-0.3, -0.25) is 4.39 Å². The van der Waals surface area contributed by atoms with Crippen LogP contribution in [0.4, 0.5) is 4.39 Å². The zero-order valence-electron chi connectivity index (χ0n) is 8.57. The predicted molar refractivity (Wildman–Crippen MR) is 55.3 cm³/mol. The Morgan fingerprint density at radius 3 is 2.80 bits per heavy atom. The van der Waals surface area contributed by atoms with Crippen LogP contribution in [0.5, 0.6) is 0 Å². The summed E-state index contributed by atoms with van der Waals surface area (Å²) >= 11 is 0. The van der Waals surface area contributed by atoms with Gasteiger partial charge >= 0.3 is 5.97 Å². The fraction of sp³-hybridized carbons (Fsp3) is 0.364. The van der Waals surface area contributed by atoms with Gasteiger partial charge in [0.2, 0.25) is 0 Å². The van der Waals surface area contributed by atoms with Crippen molar-refractivity contribution in [3.05, 3.63) is 35.4 Å². The van der Waals surface area contributed by atoms with Gasteiger partial charge in [0.1, 0.15) is 0 Å². The number of rotatable bonds is 4. The van der Waals surface area contributed by atoms with Crippen LogP contribution >= 0.6 is 0 Å². The summed E-state index contributed by atoms with van der Waals surface area (Å²) in [6.07, 6.45) is 0.202. The molecule has 1 aromatic carbocycles. The highest BCUT2D eigenvalue weighted by molar-refractivity contribution is 5.91. The molecule has 0 heterocycles. The molecule has 0 amide bonds. The first-order chi connectivity index (χ1) is 7.20. The van der Waals surface area contributed by atoms with E-state index >= 15 is 0 Å². The standard InChI is InChI=1S/C11H14FNO2/c1-15-11(14)9-5-3-2-4-8(9)10(13)6-7-12/h2-5,10H,6-7,13H2,1H3/t10-/m1/s1. The first-order valence-electron chi connectivity index (χ1n) is 4.69. The van der Waals surface area contributed by atoms with Gasteiger partial charge in [-0.05, 0) is 18.1 Å². The molecule has 0 aliphatic heterocycles. The lowest BCUT2D eigenvalue weighted by Crippen LogP contribution is -2.16. The van der Waals surface area contributed by atoms with E-state index in [-0.39, 0.29) is 6.42 Å². The van der Waals surface area contributed by atoms with E-state index in [0.717, 1.165) is 0 Å². The number of nitrogens with two attached hydrogens (primary N) is 1. The lowest BCUT2D eigenvalue weighted by molar-refractivity contribution is 0.0598. The molecule has 1 rings (SSSR count). The molecule has 0 unspecified atom stereocenters. The zero-order valence-corrected chi connectivity index (χ0v) is 8.57. The Hall–Kier alpha value is -1.42. The molecular weight excluding hydrogens is 197 g/mol. The summed E-state index contributed by atoms with van der Waals surface area (Å²) in [6.45, 7) is -0.503. The van der Waals surface area contributed by atoms with Crippen LogP contribution < -0.4 is 5.73 Å². The Bertz CT molecular complexity index is 341. The van der Waals surface area contributed by atoms with Gasteiger partial charge in [-0.1, -0.05) is 18.2 Å². The highest BCUT2D eigenvalue weighted by Gasteiger charge is 2.15. The number of alkyl halides is 1. The Morgan fingerprint density at radius 2 is 2.20 bits per heavy atom. The van der Waals surface area contributed by atoms with E-state index in [1.165, 1.54) is 7.11 Å². The van der Waals surface area contributed by atoms with Crippen LogP contribution in [0.3, 0.4) is 0 Å². The van der Waals surface area contributed by atoms with Gasteiger partial charge in [0, 0.05) is 6.04 Å². The number of esters is 1. The molecule has 1 atom stereocenters. The van der Waals surface area contributed by atoms with Gasteiger partial charge in [0.05, 0.1) is 19.3 Å². The Balaban J connectivity index is 3.00. The molecule has 0 aromatic heterocycles. The Morgan fingerprint density at radius 1 is 1.53 bits per heavy atom. The average Bonchev–Trinajstić information content (AvgIpc) is 2.28. The second kappa shape index (κ2) is 5.46. The van der Waals surface area contributed by atoms with E-state index in [1.807, 2.05) is 0 Å². The highest BCUT2D eigenvalue weighted by Crippen LogP contribution is 2.19. The summed E-state index contributed by atoms with van der Waals surface area (Å²) in [7, 11) is 1.31. The van der Waals surface area contributed by atoms with Gasteiger partial charge in [-0.2, -0.15) is 0 Å². The van der Waals surface area contributed by atoms with Crippen LogP contribution in [0.15, 0.2) is 24.3 Å². The molecule has 15 heavy (non-hydrogen) atoms. The summed E-state index contributed by atoms with van der Waals surface area (Å²) in [5.74, 6) is -0.445. The van der Waals surface area contributed by atoms with Crippen molar-refractivity contribution in [3.8, 4) is 0 Å². The molecule has 0 spiro atoms. The second-order valence-corrected chi connectivity index (χ2v) is 3.16. The number of ether oxygens (including phenoxy) is 1. The molecule has 0 aliphatic rings. The first kappa shape index (κ1) is 11.7. The summed E-state index contributed by atoms with van der Waals surface area (Å²) in [4.78, 5) is 11.4. The van der Waals surface area contributed by atoms with E-state index in [2.05, 4.69) is 4.74 Å². The van der Waals surface area contributed by atoms with Crippen LogP contribution in [0, 0.1) is 0 Å². The van der Waals surface area contributed by atoms with Crippen LogP contribution in [-0.4, -0.2) is 19.8 Å². The zero-order chi connectivity index (χ0) is 11.3. The third-order valence-electron chi connectivity index (χ3n) is 2.19. The second-order valence-electron chi connectivity index (χ2n) is 3.16. The van der Waals surface area contributed by atoms with Crippen LogP contribution in [0.1, 0.15) is 28.4 Å². The fourth-order valence-corrected chi connectivity index (χ4v) is 1.39. The minimum absolute atomic E-state index is 0.202. The van der Waals surface area contributed by atoms with Gasteiger partial charge < -0.3 is 10.5 Å². The number of benzene rings is 1. The third kappa shape index (κ3) is 2.76. The molecule has 0 saturated heterocycles. The minimum Gasteiger partial charge on any atom is -0.465 e. The van der Waals surface area contributed by atoms with E-state index in [4.69, 9.17) is 5.73 Å². The van der Waals surface area contributed by atoms with Crippen LogP contribution in [-0.2, 0) is 4.74 Å². The molecule has 2 N–H and O–H groups in total. The molecule has 0 bridgehead atoms. The number of carbonyl (C=O) groups is 1. The third-order valence-corrected chi connectivity index (χ3v) is 2.19. The lowest BCUT2D eigenvalue weighted by Gasteiger charge is -2.13. The van der Waals surface area contributed by atoms with Crippen LogP contribution in [0.2, 0.25) is 0 Å². The molecule has 1 aromatic rings. The quantitative estimate of drug-likeness (QED) is 0.773. The molecule has 0 fully saturated rings. The van der Waals surface area contributed by atoms with Crippen LogP contribution in [0.25, 0.3) is 0 Å². The minimum atomic E-state index is -0.503. The average molecular weight is 211 g/mol. The molecule has 0 radical (unpaired) electrons. The molecule has 4 heteroatoms. The molecule has 3 nitrogen and oxygen atoms in total. The normalized spacial score (nSPS) is 12.2. The van der Waals surface area contributed by atoms with Gasteiger partial charge in [-0.25, -0.2) is 4.79 Å².